The number of rotatable bonds is 4. The van der Waals surface area contributed by atoms with Gasteiger partial charge in [0.25, 0.3) is 5.56 Å². The molecule has 0 unspecified atom stereocenters. The van der Waals surface area contributed by atoms with Crippen molar-refractivity contribution in [2.75, 3.05) is 5.32 Å². The summed E-state index contributed by atoms with van der Waals surface area (Å²) in [6, 6.07) is 10.7. The number of hydrogen-bond acceptors (Lipinski definition) is 4. The lowest BCUT2D eigenvalue weighted by Crippen LogP contribution is -2.41. The summed E-state index contributed by atoms with van der Waals surface area (Å²) in [5.41, 5.74) is 1.42. The van der Waals surface area contributed by atoms with Crippen LogP contribution in [0.5, 0.6) is 0 Å². The van der Waals surface area contributed by atoms with Crippen LogP contribution < -0.4 is 16.3 Å². The Morgan fingerprint density at radius 2 is 1.78 bits per heavy atom. The van der Waals surface area contributed by atoms with Crippen LogP contribution in [-0.2, 0) is 20.6 Å². The second-order valence-corrected chi connectivity index (χ2v) is 7.90. The number of nitrogens with one attached hydrogen (secondary N) is 1. The monoisotopic (exact) mass is 368 g/mol. The van der Waals surface area contributed by atoms with Crippen LogP contribution >= 0.6 is 0 Å². The molecule has 1 aromatic heterocycles. The van der Waals surface area contributed by atoms with Gasteiger partial charge in [0.15, 0.2) is 0 Å². The zero-order valence-electron chi connectivity index (χ0n) is 16.4. The van der Waals surface area contributed by atoms with Crippen molar-refractivity contribution in [2.24, 2.45) is 0 Å². The maximum atomic E-state index is 12.3. The van der Waals surface area contributed by atoms with E-state index in [2.05, 4.69) is 5.32 Å². The maximum Gasteiger partial charge on any atom is 0.496 e. The molecule has 0 atom stereocenters. The SMILES string of the molecule is CC(=O)Nc1cccc(Cn2cc(B3OC(C)(C)C(C)(C)O3)ccc2=O)c1. The molecule has 0 bridgehead atoms. The Balaban J connectivity index is 1.85. The van der Waals surface area contributed by atoms with Gasteiger partial charge in [-0.3, -0.25) is 9.59 Å². The number of carbonyl (C=O) groups is 1. The first-order valence-corrected chi connectivity index (χ1v) is 9.00. The summed E-state index contributed by atoms with van der Waals surface area (Å²) in [6.45, 7) is 9.84. The Hall–Kier alpha value is -2.38. The molecule has 0 spiro atoms. The molecule has 6 nitrogen and oxygen atoms in total. The predicted molar refractivity (Wildman–Crippen MR) is 106 cm³/mol. The van der Waals surface area contributed by atoms with Gasteiger partial charge in [-0.15, -0.1) is 0 Å². The molecule has 0 saturated carbocycles. The highest BCUT2D eigenvalue weighted by Crippen LogP contribution is 2.36. The summed E-state index contributed by atoms with van der Waals surface area (Å²) in [7, 11) is -0.521. The second-order valence-electron chi connectivity index (χ2n) is 7.90. The molecule has 1 amide bonds. The summed E-state index contributed by atoms with van der Waals surface area (Å²) in [5.74, 6) is -0.132. The molecule has 2 aromatic rings. The molecule has 1 saturated heterocycles. The molecule has 1 aromatic carbocycles. The van der Waals surface area contributed by atoms with Gasteiger partial charge in [0.2, 0.25) is 5.91 Å². The number of pyridine rings is 1. The van der Waals surface area contributed by atoms with Crippen LogP contribution in [-0.4, -0.2) is 28.8 Å². The number of nitrogens with zero attached hydrogens (tertiary/aromatic N) is 1. The molecule has 1 fully saturated rings. The van der Waals surface area contributed by atoms with Crippen LogP contribution in [0.2, 0.25) is 0 Å². The first-order chi connectivity index (χ1) is 12.6. The van der Waals surface area contributed by atoms with Crippen molar-refractivity contribution in [3.8, 4) is 0 Å². The van der Waals surface area contributed by atoms with Crippen LogP contribution in [0.4, 0.5) is 5.69 Å². The first kappa shape index (κ1) is 19.4. The van der Waals surface area contributed by atoms with E-state index in [1.165, 1.54) is 13.0 Å². The molecule has 27 heavy (non-hydrogen) atoms. The van der Waals surface area contributed by atoms with Crippen molar-refractivity contribution in [1.29, 1.82) is 0 Å². The summed E-state index contributed by atoms with van der Waals surface area (Å²) in [5, 5.41) is 2.75. The Morgan fingerprint density at radius 3 is 2.41 bits per heavy atom. The third-order valence-electron chi connectivity index (χ3n) is 5.13. The van der Waals surface area contributed by atoms with Gasteiger partial charge in [-0.05, 0) is 50.9 Å². The van der Waals surface area contributed by atoms with E-state index in [1.807, 2.05) is 52.0 Å². The van der Waals surface area contributed by atoms with Crippen molar-refractivity contribution < 1.29 is 14.1 Å². The van der Waals surface area contributed by atoms with Crippen LogP contribution in [0.15, 0.2) is 47.4 Å². The highest BCUT2D eigenvalue weighted by molar-refractivity contribution is 6.62. The molecule has 142 valence electrons. The lowest BCUT2D eigenvalue weighted by atomic mass is 9.80. The van der Waals surface area contributed by atoms with Crippen molar-refractivity contribution in [3.05, 3.63) is 58.5 Å². The number of amides is 1. The van der Waals surface area contributed by atoms with E-state index in [9.17, 15) is 9.59 Å². The van der Waals surface area contributed by atoms with Gasteiger partial charge in [-0.2, -0.15) is 0 Å². The van der Waals surface area contributed by atoms with E-state index in [-0.39, 0.29) is 11.5 Å². The normalized spacial score (nSPS) is 17.7. The minimum absolute atomic E-state index is 0.111. The predicted octanol–water partition coefficient (Wildman–Crippen LogP) is 2.15. The highest BCUT2D eigenvalue weighted by atomic mass is 16.7. The van der Waals surface area contributed by atoms with E-state index in [4.69, 9.17) is 9.31 Å². The number of benzene rings is 1. The Labute approximate surface area is 159 Å². The fraction of sp³-hybridized carbons (Fsp3) is 0.400. The average molecular weight is 368 g/mol. The van der Waals surface area contributed by atoms with Crippen LogP contribution in [0.25, 0.3) is 0 Å². The standard InChI is InChI=1S/C20H25BN2O4/c1-14(24)22-17-8-6-7-15(11-17)12-23-13-16(9-10-18(23)25)21-26-19(2,3)20(4,5)27-21/h6-11,13H,12H2,1-5H3,(H,22,24). The number of aromatic nitrogens is 1. The van der Waals surface area contributed by atoms with E-state index in [1.54, 1.807) is 16.8 Å². The third kappa shape index (κ3) is 4.15. The average Bonchev–Trinajstić information content (AvgIpc) is 2.77. The fourth-order valence-electron chi connectivity index (χ4n) is 2.94. The molecule has 3 rings (SSSR count). The smallest absolute Gasteiger partial charge is 0.399 e. The molecule has 1 aliphatic rings. The summed E-state index contributed by atoms with van der Waals surface area (Å²) in [4.78, 5) is 23.6. The molecule has 1 aliphatic heterocycles. The van der Waals surface area contributed by atoms with Gasteiger partial charge >= 0.3 is 7.12 Å². The maximum absolute atomic E-state index is 12.3. The van der Waals surface area contributed by atoms with Crippen molar-refractivity contribution in [3.63, 3.8) is 0 Å². The zero-order valence-corrected chi connectivity index (χ0v) is 16.4. The molecule has 2 heterocycles. The zero-order chi connectivity index (χ0) is 19.8. The lowest BCUT2D eigenvalue weighted by Gasteiger charge is -2.32. The molecule has 1 N–H and O–H groups in total. The second kappa shape index (κ2) is 6.98. The summed E-state index contributed by atoms with van der Waals surface area (Å²) >= 11 is 0. The lowest BCUT2D eigenvalue weighted by molar-refractivity contribution is -0.114. The van der Waals surface area contributed by atoms with E-state index in [0.29, 0.717) is 12.2 Å². The minimum atomic E-state index is -0.521. The largest absolute Gasteiger partial charge is 0.496 e. The van der Waals surface area contributed by atoms with Crippen molar-refractivity contribution in [1.82, 2.24) is 4.57 Å². The van der Waals surface area contributed by atoms with E-state index in [0.717, 1.165) is 11.0 Å². The highest BCUT2D eigenvalue weighted by Gasteiger charge is 2.51. The molecule has 0 radical (unpaired) electrons. The van der Waals surface area contributed by atoms with Gasteiger partial charge < -0.3 is 19.2 Å². The van der Waals surface area contributed by atoms with Crippen LogP contribution in [0.3, 0.4) is 0 Å². The number of anilines is 1. The van der Waals surface area contributed by atoms with Crippen molar-refractivity contribution in [2.45, 2.75) is 52.4 Å². The van der Waals surface area contributed by atoms with E-state index >= 15 is 0 Å². The Kier molecular flexibility index (Phi) is 5.01. The van der Waals surface area contributed by atoms with Gasteiger partial charge in [0.1, 0.15) is 0 Å². The van der Waals surface area contributed by atoms with Gasteiger partial charge in [0.05, 0.1) is 17.7 Å². The van der Waals surface area contributed by atoms with Crippen molar-refractivity contribution >= 4 is 24.2 Å². The molecular weight excluding hydrogens is 343 g/mol. The summed E-state index contributed by atoms with van der Waals surface area (Å²) < 4.78 is 13.8. The Morgan fingerprint density at radius 1 is 1.11 bits per heavy atom. The van der Waals surface area contributed by atoms with Crippen LogP contribution in [0.1, 0.15) is 40.2 Å². The van der Waals surface area contributed by atoms with Gasteiger partial charge in [-0.25, -0.2) is 0 Å². The first-order valence-electron chi connectivity index (χ1n) is 9.00. The Bertz CT molecular complexity index is 904. The van der Waals surface area contributed by atoms with Crippen LogP contribution in [0, 0.1) is 0 Å². The molecule has 0 aliphatic carbocycles. The third-order valence-corrected chi connectivity index (χ3v) is 5.13. The fourth-order valence-corrected chi connectivity index (χ4v) is 2.94. The molecule has 7 heteroatoms. The van der Waals surface area contributed by atoms with Gasteiger partial charge in [0, 0.05) is 24.9 Å². The minimum Gasteiger partial charge on any atom is -0.399 e. The number of hydrogen-bond donors (Lipinski definition) is 1. The quantitative estimate of drug-likeness (QED) is 0.840. The summed E-state index contributed by atoms with van der Waals surface area (Å²) in [6.07, 6.45) is 1.77. The molecular formula is C20H25BN2O4. The topological polar surface area (TPSA) is 69.6 Å². The number of carbonyl (C=O) groups excluding carboxylic acids is 1. The van der Waals surface area contributed by atoms with Gasteiger partial charge in [-0.1, -0.05) is 18.2 Å². The van der Waals surface area contributed by atoms with E-state index < -0.39 is 18.3 Å².